The highest BCUT2D eigenvalue weighted by Gasteiger charge is 2.14. The van der Waals surface area contributed by atoms with Crippen LogP contribution in [0.15, 0.2) is 28.8 Å². The van der Waals surface area contributed by atoms with E-state index in [2.05, 4.69) is 10.1 Å². The SMILES string of the molecule is NC(CO)c1nc(-c2cccc(Cl)c2)no1. The van der Waals surface area contributed by atoms with Crippen molar-refractivity contribution in [2.24, 2.45) is 5.73 Å². The van der Waals surface area contributed by atoms with Gasteiger partial charge in [0.15, 0.2) is 0 Å². The van der Waals surface area contributed by atoms with E-state index in [1.54, 1.807) is 18.2 Å². The summed E-state index contributed by atoms with van der Waals surface area (Å²) >= 11 is 5.84. The molecule has 0 radical (unpaired) electrons. The summed E-state index contributed by atoms with van der Waals surface area (Å²) in [5.74, 6) is 0.610. The molecular formula is C10H10ClN3O2. The van der Waals surface area contributed by atoms with E-state index in [1.165, 1.54) is 0 Å². The Bertz CT molecular complexity index is 486. The van der Waals surface area contributed by atoms with Crippen LogP contribution >= 0.6 is 11.6 Å². The maximum absolute atomic E-state index is 8.84. The zero-order chi connectivity index (χ0) is 11.5. The number of aliphatic hydroxyl groups is 1. The van der Waals surface area contributed by atoms with Crippen LogP contribution in [0.25, 0.3) is 11.4 Å². The molecule has 0 aliphatic carbocycles. The van der Waals surface area contributed by atoms with Gasteiger partial charge in [-0.05, 0) is 12.1 Å². The van der Waals surface area contributed by atoms with Gasteiger partial charge in [0, 0.05) is 10.6 Å². The summed E-state index contributed by atoms with van der Waals surface area (Å²) in [5.41, 5.74) is 6.29. The van der Waals surface area contributed by atoms with Crippen LogP contribution in [0.2, 0.25) is 5.02 Å². The minimum absolute atomic E-state index is 0.206. The van der Waals surface area contributed by atoms with Crippen molar-refractivity contribution in [1.29, 1.82) is 0 Å². The Labute approximate surface area is 96.8 Å². The van der Waals surface area contributed by atoms with Crippen LogP contribution in [-0.4, -0.2) is 21.9 Å². The zero-order valence-electron chi connectivity index (χ0n) is 8.30. The van der Waals surface area contributed by atoms with Crippen LogP contribution in [0.5, 0.6) is 0 Å². The Hall–Kier alpha value is -1.43. The van der Waals surface area contributed by atoms with Crippen LogP contribution in [0.4, 0.5) is 0 Å². The zero-order valence-corrected chi connectivity index (χ0v) is 9.05. The molecule has 1 heterocycles. The Balaban J connectivity index is 2.31. The van der Waals surface area contributed by atoms with Gasteiger partial charge >= 0.3 is 0 Å². The molecule has 0 saturated carbocycles. The fourth-order valence-corrected chi connectivity index (χ4v) is 1.40. The molecule has 0 aliphatic heterocycles. The second-order valence-corrected chi connectivity index (χ2v) is 3.69. The van der Waals surface area contributed by atoms with Crippen molar-refractivity contribution in [3.8, 4) is 11.4 Å². The molecule has 0 fully saturated rings. The Kier molecular flexibility index (Phi) is 3.19. The Morgan fingerprint density at radius 3 is 3.00 bits per heavy atom. The molecule has 0 aliphatic rings. The molecule has 2 rings (SSSR count). The number of rotatable bonds is 3. The first-order chi connectivity index (χ1) is 7.70. The molecule has 0 spiro atoms. The number of aliphatic hydroxyl groups excluding tert-OH is 1. The van der Waals surface area contributed by atoms with Crippen molar-refractivity contribution < 1.29 is 9.63 Å². The lowest BCUT2D eigenvalue weighted by atomic mass is 10.2. The van der Waals surface area contributed by atoms with Crippen molar-refractivity contribution in [1.82, 2.24) is 10.1 Å². The van der Waals surface area contributed by atoms with Gasteiger partial charge in [0.25, 0.3) is 0 Å². The fourth-order valence-electron chi connectivity index (χ4n) is 1.21. The number of aromatic nitrogens is 2. The molecule has 1 aromatic heterocycles. The molecular weight excluding hydrogens is 230 g/mol. The molecule has 5 nitrogen and oxygen atoms in total. The highest BCUT2D eigenvalue weighted by molar-refractivity contribution is 6.30. The first kappa shape index (κ1) is 11.1. The monoisotopic (exact) mass is 239 g/mol. The third-order valence-electron chi connectivity index (χ3n) is 2.04. The largest absolute Gasteiger partial charge is 0.394 e. The van der Waals surface area contributed by atoms with E-state index in [1.807, 2.05) is 6.07 Å². The number of benzene rings is 1. The van der Waals surface area contributed by atoms with Gasteiger partial charge in [-0.25, -0.2) is 0 Å². The minimum atomic E-state index is -0.652. The quantitative estimate of drug-likeness (QED) is 0.845. The highest BCUT2D eigenvalue weighted by Crippen LogP contribution is 2.20. The Morgan fingerprint density at radius 1 is 1.50 bits per heavy atom. The van der Waals surface area contributed by atoms with Crippen molar-refractivity contribution in [2.75, 3.05) is 6.61 Å². The molecule has 1 unspecified atom stereocenters. The maximum atomic E-state index is 8.84. The van der Waals surface area contributed by atoms with E-state index >= 15 is 0 Å². The van der Waals surface area contributed by atoms with E-state index in [-0.39, 0.29) is 12.5 Å². The predicted molar refractivity (Wildman–Crippen MR) is 58.8 cm³/mol. The average molecular weight is 240 g/mol. The van der Waals surface area contributed by atoms with Gasteiger partial charge in [-0.15, -0.1) is 0 Å². The first-order valence-electron chi connectivity index (χ1n) is 4.66. The van der Waals surface area contributed by atoms with Crippen molar-refractivity contribution in [3.05, 3.63) is 35.2 Å². The van der Waals surface area contributed by atoms with E-state index < -0.39 is 6.04 Å². The number of nitrogens with zero attached hydrogens (tertiary/aromatic N) is 2. The summed E-state index contributed by atoms with van der Waals surface area (Å²) in [4.78, 5) is 4.07. The summed E-state index contributed by atoms with van der Waals surface area (Å²) in [6.45, 7) is -0.239. The second-order valence-electron chi connectivity index (χ2n) is 3.26. The van der Waals surface area contributed by atoms with Gasteiger partial charge < -0.3 is 15.4 Å². The predicted octanol–water partition coefficient (Wildman–Crippen LogP) is 1.38. The molecule has 2 aromatic rings. The Morgan fingerprint density at radius 2 is 2.31 bits per heavy atom. The molecule has 84 valence electrons. The first-order valence-corrected chi connectivity index (χ1v) is 5.04. The lowest BCUT2D eigenvalue weighted by Gasteiger charge is -1.98. The highest BCUT2D eigenvalue weighted by atomic mass is 35.5. The molecule has 0 amide bonds. The molecule has 3 N–H and O–H groups in total. The van der Waals surface area contributed by atoms with Crippen LogP contribution in [0.3, 0.4) is 0 Å². The summed E-state index contributed by atoms with van der Waals surface area (Å²) < 4.78 is 4.92. The molecule has 0 bridgehead atoms. The van der Waals surface area contributed by atoms with Gasteiger partial charge in [0.1, 0.15) is 6.04 Å². The minimum Gasteiger partial charge on any atom is -0.394 e. The van der Waals surface area contributed by atoms with Gasteiger partial charge in [0.2, 0.25) is 11.7 Å². The van der Waals surface area contributed by atoms with Gasteiger partial charge in [-0.3, -0.25) is 0 Å². The summed E-state index contributed by atoms with van der Waals surface area (Å²) in [5, 5.41) is 13.2. The topological polar surface area (TPSA) is 85.2 Å². The summed E-state index contributed by atoms with van der Waals surface area (Å²) in [7, 11) is 0. The van der Waals surface area contributed by atoms with Gasteiger partial charge in [-0.2, -0.15) is 4.98 Å². The van der Waals surface area contributed by atoms with Crippen LogP contribution in [0.1, 0.15) is 11.9 Å². The van der Waals surface area contributed by atoms with E-state index in [0.717, 1.165) is 5.56 Å². The average Bonchev–Trinajstić information content (AvgIpc) is 2.77. The normalized spacial score (nSPS) is 12.7. The van der Waals surface area contributed by atoms with Crippen molar-refractivity contribution in [2.45, 2.75) is 6.04 Å². The lowest BCUT2D eigenvalue weighted by molar-refractivity contribution is 0.237. The third-order valence-corrected chi connectivity index (χ3v) is 2.27. The molecule has 1 atom stereocenters. The van der Waals surface area contributed by atoms with Gasteiger partial charge in [0.05, 0.1) is 6.61 Å². The number of nitrogens with two attached hydrogens (primary N) is 1. The molecule has 16 heavy (non-hydrogen) atoms. The van der Waals surface area contributed by atoms with E-state index in [4.69, 9.17) is 27.0 Å². The van der Waals surface area contributed by atoms with Crippen molar-refractivity contribution in [3.63, 3.8) is 0 Å². The number of halogens is 1. The molecule has 1 aromatic carbocycles. The van der Waals surface area contributed by atoms with Gasteiger partial charge in [-0.1, -0.05) is 28.9 Å². The second kappa shape index (κ2) is 4.61. The number of hydrogen-bond acceptors (Lipinski definition) is 5. The van der Waals surface area contributed by atoms with E-state index in [9.17, 15) is 0 Å². The van der Waals surface area contributed by atoms with E-state index in [0.29, 0.717) is 10.8 Å². The fraction of sp³-hybridized carbons (Fsp3) is 0.200. The maximum Gasteiger partial charge on any atom is 0.246 e. The standard InChI is InChI=1S/C10H10ClN3O2/c11-7-3-1-2-6(4-7)9-13-10(16-14-9)8(12)5-15/h1-4,8,15H,5,12H2. The summed E-state index contributed by atoms with van der Waals surface area (Å²) in [6, 6.07) is 6.43. The smallest absolute Gasteiger partial charge is 0.246 e. The van der Waals surface area contributed by atoms with Crippen LogP contribution in [-0.2, 0) is 0 Å². The van der Waals surface area contributed by atoms with Crippen LogP contribution in [0, 0.1) is 0 Å². The van der Waals surface area contributed by atoms with Crippen LogP contribution < -0.4 is 5.73 Å². The van der Waals surface area contributed by atoms with Crippen molar-refractivity contribution >= 4 is 11.6 Å². The molecule has 6 heteroatoms. The molecule has 0 saturated heterocycles. The number of hydrogen-bond donors (Lipinski definition) is 2. The summed E-state index contributed by atoms with van der Waals surface area (Å²) in [6.07, 6.45) is 0. The lowest BCUT2D eigenvalue weighted by Crippen LogP contribution is -2.14. The third kappa shape index (κ3) is 2.21.